The van der Waals surface area contributed by atoms with Crippen LogP contribution >= 0.6 is 23.2 Å². The SMILES string of the molecule is CC[C@H](C)[C@@H]1NC(=O)[C@H](CC(C)C)N(C)C(=O)C[C@@H](C)NC(=O)[C@H](C(C)C)N(C)C(=O)C2(CCCC2)NC(=O)[C@@H]2CCCN2C(=O)[C@H](CCC2CCC(C(F)(F)F)C(Cl)C2)NC(=O)CN(C)C(=O)[C@H](COC2CCCCC2Cl)N(C)C(=O)CN(C)C(=O)CN(C)C1=O. The first-order valence-corrected chi connectivity index (χ1v) is 33.9. The summed E-state index contributed by atoms with van der Waals surface area (Å²) in [6, 6.07) is -8.01. The Balaban J connectivity index is 1.53. The first-order valence-electron chi connectivity index (χ1n) is 33.0. The van der Waals surface area contributed by atoms with Crippen LogP contribution in [0.3, 0.4) is 0 Å². The molecule has 0 bridgehead atoms. The Hall–Kier alpha value is -5.50. The number of carbonyl (C=O) groups is 11. The largest absolute Gasteiger partial charge is 0.393 e. The monoisotopic (exact) mass is 1350 g/mol. The molecular formula is C64H104Cl2F3N11O12. The number of carbonyl (C=O) groups excluding carboxylic acids is 11. The lowest BCUT2D eigenvalue weighted by Crippen LogP contribution is -2.64. The predicted octanol–water partition coefficient (Wildman–Crippen LogP) is 4.82. The molecule has 11 amide bonds. The zero-order chi connectivity index (χ0) is 68.9. The van der Waals surface area contributed by atoms with Gasteiger partial charge in [0.2, 0.25) is 65.0 Å². The van der Waals surface area contributed by atoms with Crippen LogP contribution in [0.1, 0.15) is 164 Å². The van der Waals surface area contributed by atoms with E-state index < -0.39 is 173 Å². The highest BCUT2D eigenvalue weighted by Crippen LogP contribution is 2.44. The average Bonchev–Trinajstić information content (AvgIpc) is 1.57. The van der Waals surface area contributed by atoms with Gasteiger partial charge in [0.05, 0.1) is 43.6 Å². The summed E-state index contributed by atoms with van der Waals surface area (Å²) in [6.07, 6.45) is 0.306. The van der Waals surface area contributed by atoms with Gasteiger partial charge in [-0.25, -0.2) is 0 Å². The number of hydrogen-bond donors (Lipinski definition) is 4. The van der Waals surface area contributed by atoms with E-state index in [2.05, 4.69) is 21.3 Å². The Kier molecular flexibility index (Phi) is 28.7. The lowest BCUT2D eigenvalue weighted by Gasteiger charge is -2.39. The van der Waals surface area contributed by atoms with Gasteiger partial charge >= 0.3 is 6.18 Å². The summed E-state index contributed by atoms with van der Waals surface area (Å²) in [5.41, 5.74) is -1.49. The van der Waals surface area contributed by atoms with Crippen LogP contribution in [-0.2, 0) is 57.5 Å². The lowest BCUT2D eigenvalue weighted by molar-refractivity contribution is -0.182. The molecule has 13 atom stereocenters. The van der Waals surface area contributed by atoms with Crippen LogP contribution in [0.15, 0.2) is 0 Å². The summed E-state index contributed by atoms with van der Waals surface area (Å²) < 4.78 is 48.0. The second kappa shape index (κ2) is 34.3. The van der Waals surface area contributed by atoms with Gasteiger partial charge in [0.15, 0.2) is 0 Å². The first-order chi connectivity index (χ1) is 43.0. The van der Waals surface area contributed by atoms with Gasteiger partial charge in [-0.05, 0) is 108 Å². The molecule has 92 heavy (non-hydrogen) atoms. The molecule has 2 heterocycles. The van der Waals surface area contributed by atoms with Gasteiger partial charge in [0.1, 0.15) is 41.8 Å². The Morgan fingerprint density at radius 3 is 1.85 bits per heavy atom. The number of nitrogens with one attached hydrogen (secondary N) is 4. The molecule has 0 radical (unpaired) electrons. The van der Waals surface area contributed by atoms with Gasteiger partial charge in [-0.3, -0.25) is 52.7 Å². The zero-order valence-corrected chi connectivity index (χ0v) is 57.9. The highest BCUT2D eigenvalue weighted by molar-refractivity contribution is 6.21. The van der Waals surface area contributed by atoms with E-state index in [1.807, 2.05) is 20.8 Å². The van der Waals surface area contributed by atoms with Gasteiger partial charge in [-0.1, -0.05) is 73.6 Å². The van der Waals surface area contributed by atoms with Crippen molar-refractivity contribution in [3.8, 4) is 0 Å². The second-order valence-corrected chi connectivity index (χ2v) is 28.7. The summed E-state index contributed by atoms with van der Waals surface area (Å²) in [7, 11) is 8.33. The van der Waals surface area contributed by atoms with E-state index >= 15 is 9.59 Å². The van der Waals surface area contributed by atoms with Crippen molar-refractivity contribution in [3.05, 3.63) is 0 Å². The Morgan fingerprint density at radius 1 is 0.630 bits per heavy atom. The molecule has 5 rings (SSSR count). The van der Waals surface area contributed by atoms with Crippen molar-refractivity contribution in [2.24, 2.45) is 29.6 Å². The molecule has 5 unspecified atom stereocenters. The van der Waals surface area contributed by atoms with Crippen molar-refractivity contribution in [2.75, 3.05) is 75.1 Å². The van der Waals surface area contributed by atoms with Crippen LogP contribution in [0.25, 0.3) is 0 Å². The molecule has 0 aromatic rings. The molecule has 3 aliphatic carbocycles. The summed E-state index contributed by atoms with van der Waals surface area (Å²) in [6.45, 7) is 10.4. The maximum Gasteiger partial charge on any atom is 0.393 e. The number of likely N-dealkylation sites (N-methyl/N-ethyl adjacent to an activating group) is 6. The maximum atomic E-state index is 15.0. The maximum absolute atomic E-state index is 15.0. The minimum Gasteiger partial charge on any atom is -0.374 e. The van der Waals surface area contributed by atoms with Crippen LogP contribution in [0.2, 0.25) is 0 Å². The van der Waals surface area contributed by atoms with Gasteiger partial charge in [0, 0.05) is 66.7 Å². The third-order valence-corrected chi connectivity index (χ3v) is 20.5. The van der Waals surface area contributed by atoms with E-state index in [1.165, 1.54) is 57.0 Å². The number of amides is 11. The number of fused-ring (bicyclic) bond motifs is 1. The number of hydrogen-bond acceptors (Lipinski definition) is 12. The molecule has 5 aliphatic rings. The Bertz CT molecular complexity index is 2620. The number of ether oxygens (including phenoxy) is 1. The Morgan fingerprint density at radius 2 is 1.25 bits per heavy atom. The van der Waals surface area contributed by atoms with Crippen molar-refractivity contribution in [1.29, 1.82) is 0 Å². The van der Waals surface area contributed by atoms with Gasteiger partial charge in [-0.15, -0.1) is 23.2 Å². The molecule has 0 aromatic carbocycles. The van der Waals surface area contributed by atoms with Crippen LogP contribution in [0.5, 0.6) is 0 Å². The molecule has 2 aliphatic heterocycles. The zero-order valence-electron chi connectivity index (χ0n) is 56.3. The number of nitrogens with zero attached hydrogens (tertiary/aromatic N) is 7. The molecule has 0 aromatic heterocycles. The molecule has 3 saturated carbocycles. The third kappa shape index (κ3) is 20.3. The summed E-state index contributed by atoms with van der Waals surface area (Å²) in [5.74, 6) is -10.3. The topological polar surface area (TPSA) is 268 Å². The fraction of sp³-hybridized carbons (Fsp3) is 0.828. The summed E-state index contributed by atoms with van der Waals surface area (Å²) in [4.78, 5) is 168. The van der Waals surface area contributed by atoms with Crippen LogP contribution in [0.4, 0.5) is 13.2 Å². The van der Waals surface area contributed by atoms with Gasteiger partial charge in [-0.2, -0.15) is 13.2 Å². The van der Waals surface area contributed by atoms with Crippen molar-refractivity contribution in [1.82, 2.24) is 55.6 Å². The van der Waals surface area contributed by atoms with E-state index in [0.29, 0.717) is 38.5 Å². The molecule has 4 N–H and O–H groups in total. The number of rotatable bonds is 11. The second-order valence-electron chi connectivity index (χ2n) is 27.6. The summed E-state index contributed by atoms with van der Waals surface area (Å²) in [5, 5.41) is 9.93. The van der Waals surface area contributed by atoms with Crippen molar-refractivity contribution in [2.45, 2.75) is 235 Å². The highest BCUT2D eigenvalue weighted by Gasteiger charge is 2.51. The van der Waals surface area contributed by atoms with E-state index in [0.717, 1.165) is 32.4 Å². The molecular weight excluding hydrogens is 1240 g/mol. The average molecular weight is 1350 g/mol. The summed E-state index contributed by atoms with van der Waals surface area (Å²) >= 11 is 13.0. The molecule has 1 spiro atoms. The fourth-order valence-electron chi connectivity index (χ4n) is 13.7. The van der Waals surface area contributed by atoms with Crippen molar-refractivity contribution in [3.63, 3.8) is 0 Å². The smallest absolute Gasteiger partial charge is 0.374 e. The highest BCUT2D eigenvalue weighted by atomic mass is 35.5. The van der Waals surface area contributed by atoms with Crippen LogP contribution in [0, 0.1) is 29.6 Å². The number of halogens is 5. The van der Waals surface area contributed by atoms with Crippen LogP contribution in [-0.4, -0.2) is 245 Å². The molecule has 28 heteroatoms. The quantitative estimate of drug-likeness (QED) is 0.203. The van der Waals surface area contributed by atoms with Gasteiger partial charge in [0.25, 0.3) is 0 Å². The first kappa shape index (κ1) is 77.2. The third-order valence-electron chi connectivity index (χ3n) is 19.5. The normalized spacial score (nSPS) is 30.9. The van der Waals surface area contributed by atoms with E-state index in [-0.39, 0.29) is 89.2 Å². The molecule has 5 fully saturated rings. The fourth-order valence-corrected chi connectivity index (χ4v) is 14.5. The van der Waals surface area contributed by atoms with E-state index in [1.54, 1.807) is 27.7 Å². The van der Waals surface area contributed by atoms with Crippen molar-refractivity contribution >= 4 is 88.2 Å². The molecule has 522 valence electrons. The predicted molar refractivity (Wildman–Crippen MR) is 340 cm³/mol. The lowest BCUT2D eigenvalue weighted by atomic mass is 9.78. The number of alkyl halides is 5. The van der Waals surface area contributed by atoms with Gasteiger partial charge < -0.3 is 60.3 Å². The minimum absolute atomic E-state index is 0.00685. The minimum atomic E-state index is -4.51. The van der Waals surface area contributed by atoms with Crippen molar-refractivity contribution < 1.29 is 70.6 Å². The van der Waals surface area contributed by atoms with E-state index in [9.17, 15) is 56.3 Å². The molecule has 23 nitrogen and oxygen atoms in total. The standard InChI is InChI=1S/C64H104Cl2F3N11O12/c1-14-39(6)54-61(90)76(10)34-52(83)74(8)35-53(84)78(12)48(36-92-49-22-16-15-20-43(49)65)60(89)75(9)33-50(81)71-45(26-24-41-23-25-42(44(66)32-41)64(67,68)69)59(88)80-29-19-21-46(80)57(86)73-63(27-17-18-28-63)62(91)79(13)55(38(4)5)58(87)70-40(7)31-51(82)77(11)47(30-37(2)3)56(85)72-54/h37-49,54-55H,14-36H2,1-13H3,(H,70,87)(H,71,81)(H,72,85)(H,73,86)/t39-,40+,41?,42?,43?,44?,45-,46-,47-,48-,49?,54-,55-/m0/s1. The molecule has 2 saturated heterocycles. The Labute approximate surface area is 551 Å². The van der Waals surface area contributed by atoms with Crippen LogP contribution < -0.4 is 21.3 Å². The van der Waals surface area contributed by atoms with E-state index in [4.69, 9.17) is 27.9 Å².